The molecule has 1 aliphatic carbocycles. The number of pyridine rings is 1. The zero-order valence-corrected chi connectivity index (χ0v) is 19.4. The van der Waals surface area contributed by atoms with Crippen molar-refractivity contribution in [2.75, 3.05) is 0 Å². The van der Waals surface area contributed by atoms with Crippen molar-refractivity contribution in [3.63, 3.8) is 0 Å². The summed E-state index contributed by atoms with van der Waals surface area (Å²) >= 11 is 0. The summed E-state index contributed by atoms with van der Waals surface area (Å²) in [6.45, 7) is 1.66. The van der Waals surface area contributed by atoms with Gasteiger partial charge in [0.05, 0.1) is 28.9 Å². The number of carbonyl (C=O) groups excluding carboxylic acids is 1. The molecule has 9 heteroatoms. The van der Waals surface area contributed by atoms with E-state index in [9.17, 15) is 26.7 Å². The van der Waals surface area contributed by atoms with Crippen LogP contribution in [0.15, 0.2) is 91.0 Å². The molecule has 1 amide bonds. The number of hydrogen-bond acceptors (Lipinski definition) is 2. The van der Waals surface area contributed by atoms with E-state index in [4.69, 9.17) is 0 Å². The molecule has 2 aromatic carbocycles. The van der Waals surface area contributed by atoms with Crippen molar-refractivity contribution in [3.05, 3.63) is 108 Å². The molecule has 0 saturated heterocycles. The topological polar surface area (TPSA) is 46.4 Å². The van der Waals surface area contributed by atoms with Gasteiger partial charge in [-0.3, -0.25) is 9.20 Å². The maximum Gasteiger partial charge on any atom is 0.417 e. The van der Waals surface area contributed by atoms with E-state index >= 15 is 0 Å². The fraction of sp³-hybridized carbons (Fsp3) is 0.143. The summed E-state index contributed by atoms with van der Waals surface area (Å²) in [5.74, 6) is -1.80. The summed E-state index contributed by atoms with van der Waals surface area (Å²) in [7, 11) is 0. The van der Waals surface area contributed by atoms with Gasteiger partial charge in [0.25, 0.3) is 5.91 Å². The van der Waals surface area contributed by atoms with Gasteiger partial charge in [0.15, 0.2) is 0 Å². The van der Waals surface area contributed by atoms with E-state index in [1.807, 2.05) is 0 Å². The number of halogens is 5. The van der Waals surface area contributed by atoms with Crippen LogP contribution in [0.3, 0.4) is 0 Å². The summed E-state index contributed by atoms with van der Waals surface area (Å²) in [6, 6.07) is 12.0. The van der Waals surface area contributed by atoms with Crippen LogP contribution in [0.5, 0.6) is 0 Å². The molecule has 1 N–H and O–H groups in total. The Kier molecular flexibility index (Phi) is 6.15. The van der Waals surface area contributed by atoms with Crippen LogP contribution < -0.4 is 5.32 Å². The molecular formula is C28H20F5N3O. The smallest absolute Gasteiger partial charge is 0.345 e. The Morgan fingerprint density at radius 3 is 2.57 bits per heavy atom. The number of fused-ring (bicyclic) bond motifs is 1. The highest BCUT2D eigenvalue weighted by Gasteiger charge is 2.36. The summed E-state index contributed by atoms with van der Waals surface area (Å²) in [4.78, 5) is 17.5. The lowest BCUT2D eigenvalue weighted by atomic mass is 9.94. The molecule has 0 bridgehead atoms. The number of rotatable bonds is 4. The van der Waals surface area contributed by atoms with Crippen molar-refractivity contribution in [2.24, 2.45) is 5.92 Å². The molecule has 4 nitrogen and oxygen atoms in total. The molecule has 2 atom stereocenters. The Morgan fingerprint density at radius 2 is 1.84 bits per heavy atom. The van der Waals surface area contributed by atoms with Gasteiger partial charge in [0, 0.05) is 23.2 Å². The van der Waals surface area contributed by atoms with Crippen molar-refractivity contribution in [2.45, 2.75) is 19.1 Å². The van der Waals surface area contributed by atoms with Gasteiger partial charge < -0.3 is 5.32 Å². The van der Waals surface area contributed by atoms with Crippen molar-refractivity contribution < 1.29 is 26.7 Å². The lowest BCUT2D eigenvalue weighted by Gasteiger charge is -2.23. The van der Waals surface area contributed by atoms with Crippen LogP contribution in [0.25, 0.3) is 28.0 Å². The van der Waals surface area contributed by atoms with Gasteiger partial charge >= 0.3 is 6.18 Å². The third-order valence-corrected chi connectivity index (χ3v) is 6.28. The summed E-state index contributed by atoms with van der Waals surface area (Å²) < 4.78 is 70.4. The highest BCUT2D eigenvalue weighted by molar-refractivity contribution is 5.98. The molecular weight excluding hydrogens is 489 g/mol. The average molecular weight is 509 g/mol. The highest BCUT2D eigenvalue weighted by atomic mass is 19.4. The third kappa shape index (κ3) is 4.76. The molecule has 0 saturated carbocycles. The lowest BCUT2D eigenvalue weighted by Crippen LogP contribution is -2.39. The Bertz CT molecular complexity index is 1570. The number of carbonyl (C=O) groups is 1. The molecule has 1 aliphatic rings. The largest absolute Gasteiger partial charge is 0.417 e. The Labute approximate surface area is 208 Å². The van der Waals surface area contributed by atoms with E-state index in [1.165, 1.54) is 42.5 Å². The second-order valence-corrected chi connectivity index (χ2v) is 8.80. The maximum atomic E-state index is 13.8. The first-order chi connectivity index (χ1) is 17.6. The van der Waals surface area contributed by atoms with Crippen molar-refractivity contribution in [1.82, 2.24) is 14.7 Å². The normalized spacial score (nSPS) is 17.6. The van der Waals surface area contributed by atoms with Crippen LogP contribution in [0.2, 0.25) is 0 Å². The Morgan fingerprint density at radius 1 is 1.03 bits per heavy atom. The quantitative estimate of drug-likeness (QED) is 0.302. The van der Waals surface area contributed by atoms with Gasteiger partial charge in [-0.1, -0.05) is 37.3 Å². The van der Waals surface area contributed by atoms with E-state index in [-0.39, 0.29) is 0 Å². The van der Waals surface area contributed by atoms with E-state index in [2.05, 4.69) is 10.3 Å². The number of alkyl halides is 3. The molecule has 0 aliphatic heterocycles. The third-order valence-electron chi connectivity index (χ3n) is 6.28. The van der Waals surface area contributed by atoms with E-state index in [1.54, 1.807) is 48.0 Å². The summed E-state index contributed by atoms with van der Waals surface area (Å²) in [6.07, 6.45) is 2.37. The minimum absolute atomic E-state index is 0.368. The predicted octanol–water partition coefficient (Wildman–Crippen LogP) is 6.98. The zero-order chi connectivity index (χ0) is 26.3. The van der Waals surface area contributed by atoms with Crippen molar-refractivity contribution >= 4 is 11.4 Å². The minimum Gasteiger partial charge on any atom is -0.345 e. The van der Waals surface area contributed by atoms with Crippen LogP contribution in [0, 0.1) is 11.7 Å². The summed E-state index contributed by atoms with van der Waals surface area (Å²) in [5, 5.41) is 2.57. The predicted molar refractivity (Wildman–Crippen MR) is 130 cm³/mol. The maximum absolute atomic E-state index is 13.8. The molecule has 4 aromatic rings. The van der Waals surface area contributed by atoms with Gasteiger partial charge in [-0.15, -0.1) is 0 Å². The number of hydrogen-bond donors (Lipinski definition) is 1. The first-order valence-corrected chi connectivity index (χ1v) is 11.4. The number of imidazole rings is 1. The van der Waals surface area contributed by atoms with E-state index in [0.717, 1.165) is 6.07 Å². The molecule has 0 spiro atoms. The van der Waals surface area contributed by atoms with Gasteiger partial charge in [-0.25, -0.2) is 13.8 Å². The lowest BCUT2D eigenvalue weighted by molar-refractivity contribution is -0.137. The number of allylic oxidation sites excluding steroid dienone is 2. The van der Waals surface area contributed by atoms with Gasteiger partial charge in [0.1, 0.15) is 17.5 Å². The molecule has 2 unspecified atom stereocenters. The number of nitrogens with one attached hydrogen (secondary N) is 1. The fourth-order valence-corrected chi connectivity index (χ4v) is 4.44. The monoisotopic (exact) mass is 509 g/mol. The van der Waals surface area contributed by atoms with Crippen LogP contribution >= 0.6 is 0 Å². The second kappa shape index (κ2) is 9.31. The number of benzene rings is 2. The molecule has 2 heterocycles. The van der Waals surface area contributed by atoms with Crippen LogP contribution in [-0.2, 0) is 6.18 Å². The van der Waals surface area contributed by atoms with Crippen molar-refractivity contribution in [1.29, 1.82) is 0 Å². The standard InChI is InChI=1S/C28H20F5N3O/c1-16-12-20(30)8-10-24(16)35-27(37)22-14-17(7-9-23(22)28(31,32)33)21-6-3-11-36-25(21)15-34-26(36)18-4-2-5-19(29)13-18/h2-16,24H,1H3,(H,35,37). The Hall–Kier alpha value is -4.27. The molecule has 0 fully saturated rings. The van der Waals surface area contributed by atoms with E-state index < -0.39 is 46.8 Å². The van der Waals surface area contributed by atoms with Crippen LogP contribution in [0.4, 0.5) is 22.0 Å². The van der Waals surface area contributed by atoms with Crippen LogP contribution in [0.1, 0.15) is 22.8 Å². The zero-order valence-electron chi connectivity index (χ0n) is 19.4. The van der Waals surface area contributed by atoms with Crippen LogP contribution in [-0.4, -0.2) is 21.3 Å². The SMILES string of the molecule is CC1C=C(F)C=CC1NC(=O)c1cc(-c2cccn3c(-c4cccc(F)c4)ncc23)ccc1C(F)(F)F. The van der Waals surface area contributed by atoms with Crippen molar-refractivity contribution in [3.8, 4) is 22.5 Å². The molecule has 188 valence electrons. The van der Waals surface area contributed by atoms with Gasteiger partial charge in [-0.05, 0) is 48.0 Å². The highest BCUT2D eigenvalue weighted by Crippen LogP contribution is 2.36. The van der Waals surface area contributed by atoms with E-state index in [0.29, 0.717) is 28.0 Å². The molecule has 5 rings (SSSR count). The second-order valence-electron chi connectivity index (χ2n) is 8.80. The van der Waals surface area contributed by atoms with Gasteiger partial charge in [0.2, 0.25) is 0 Å². The molecule has 37 heavy (non-hydrogen) atoms. The molecule has 2 aromatic heterocycles. The first kappa shape index (κ1) is 24.4. The number of aromatic nitrogens is 2. The minimum atomic E-state index is -4.77. The number of amides is 1. The summed E-state index contributed by atoms with van der Waals surface area (Å²) in [5.41, 5.74) is 0.377. The number of nitrogens with zero attached hydrogens (tertiary/aromatic N) is 2. The van der Waals surface area contributed by atoms with Gasteiger partial charge in [-0.2, -0.15) is 13.2 Å². The fourth-order valence-electron chi connectivity index (χ4n) is 4.44. The average Bonchev–Trinajstić information content (AvgIpc) is 3.29. The molecule has 0 radical (unpaired) electrons. The Balaban J connectivity index is 1.57. The first-order valence-electron chi connectivity index (χ1n) is 11.4.